The molecule has 1 saturated carbocycles. The molecule has 0 bridgehead atoms. The van der Waals surface area contributed by atoms with Gasteiger partial charge in [-0.3, -0.25) is 9.69 Å². The predicted octanol–water partition coefficient (Wildman–Crippen LogP) is 0.729. The highest BCUT2D eigenvalue weighted by Gasteiger charge is 2.71. The molecule has 1 amide bonds. The summed E-state index contributed by atoms with van der Waals surface area (Å²) in [5.41, 5.74) is 5.50. The summed E-state index contributed by atoms with van der Waals surface area (Å²) in [5.74, 6) is 0.195. The quantitative estimate of drug-likeness (QED) is 0.802. The monoisotopic (exact) mass is 295 g/mol. The third-order valence-electron chi connectivity index (χ3n) is 6.23. The number of carbonyl (C=O) groups is 1. The Morgan fingerprint density at radius 3 is 2.90 bits per heavy atom. The molecule has 5 nitrogen and oxygen atoms in total. The van der Waals surface area contributed by atoms with Crippen molar-refractivity contribution in [3.8, 4) is 0 Å². The topological polar surface area (TPSA) is 67.6 Å². The van der Waals surface area contributed by atoms with Crippen LogP contribution in [0.25, 0.3) is 0 Å². The number of nitrogens with zero attached hydrogens (tertiary/aromatic N) is 1. The van der Waals surface area contributed by atoms with E-state index in [2.05, 4.69) is 31.0 Å². The van der Waals surface area contributed by atoms with Gasteiger partial charge >= 0.3 is 0 Å². The molecule has 2 aliphatic heterocycles. The van der Waals surface area contributed by atoms with Crippen molar-refractivity contribution in [1.82, 2.24) is 10.2 Å². The first-order valence-corrected chi connectivity index (χ1v) is 8.35. The molecule has 2 saturated heterocycles. The first-order valence-electron chi connectivity index (χ1n) is 8.35. The summed E-state index contributed by atoms with van der Waals surface area (Å²) in [6, 6.07) is 0.473. The highest BCUT2D eigenvalue weighted by Crippen LogP contribution is 2.58. The molecule has 4 unspecified atom stereocenters. The van der Waals surface area contributed by atoms with Crippen molar-refractivity contribution in [3.05, 3.63) is 0 Å². The average molecular weight is 295 g/mol. The normalized spacial score (nSPS) is 41.6. The van der Waals surface area contributed by atoms with Gasteiger partial charge in [0.1, 0.15) is 5.54 Å². The van der Waals surface area contributed by atoms with Gasteiger partial charge in [-0.15, -0.1) is 0 Å². The van der Waals surface area contributed by atoms with Crippen LogP contribution in [0.3, 0.4) is 0 Å². The van der Waals surface area contributed by atoms with Gasteiger partial charge in [-0.25, -0.2) is 0 Å². The lowest BCUT2D eigenvalue weighted by molar-refractivity contribution is -0.175. The first-order chi connectivity index (χ1) is 9.92. The number of hydrogen-bond acceptors (Lipinski definition) is 4. The molecular weight excluding hydrogens is 266 g/mol. The van der Waals surface area contributed by atoms with Crippen molar-refractivity contribution in [2.75, 3.05) is 26.2 Å². The van der Waals surface area contributed by atoms with Crippen LogP contribution < -0.4 is 11.1 Å². The minimum atomic E-state index is -0.774. The number of likely N-dealkylation sites (tertiary alicyclic amines) is 1. The molecule has 3 aliphatic rings. The Labute approximate surface area is 127 Å². The van der Waals surface area contributed by atoms with Crippen LogP contribution in [0, 0.1) is 11.3 Å². The molecule has 5 heteroatoms. The maximum absolute atomic E-state index is 12.7. The van der Waals surface area contributed by atoms with Gasteiger partial charge in [0.2, 0.25) is 5.91 Å². The van der Waals surface area contributed by atoms with Crippen LogP contribution in [0.4, 0.5) is 0 Å². The summed E-state index contributed by atoms with van der Waals surface area (Å²) in [5, 5.41) is 3.14. The highest BCUT2D eigenvalue weighted by atomic mass is 16.5. The Balaban J connectivity index is 1.63. The van der Waals surface area contributed by atoms with E-state index in [4.69, 9.17) is 10.5 Å². The molecule has 3 rings (SSSR count). The van der Waals surface area contributed by atoms with Gasteiger partial charge in [-0.2, -0.15) is 0 Å². The van der Waals surface area contributed by atoms with Gasteiger partial charge in [0, 0.05) is 30.5 Å². The first kappa shape index (κ1) is 15.3. The van der Waals surface area contributed by atoms with Crippen molar-refractivity contribution < 1.29 is 9.53 Å². The molecule has 21 heavy (non-hydrogen) atoms. The lowest BCUT2D eigenvalue weighted by atomic mass is 9.48. The number of rotatable bonds is 4. The highest BCUT2D eigenvalue weighted by molar-refractivity contribution is 5.89. The summed E-state index contributed by atoms with van der Waals surface area (Å²) >= 11 is 0. The van der Waals surface area contributed by atoms with E-state index in [9.17, 15) is 4.79 Å². The second-order valence-corrected chi connectivity index (χ2v) is 7.41. The van der Waals surface area contributed by atoms with E-state index in [1.54, 1.807) is 0 Å². The molecule has 0 spiro atoms. The minimum absolute atomic E-state index is 0.0159. The fraction of sp³-hybridized carbons (Fsp3) is 0.938. The van der Waals surface area contributed by atoms with Crippen LogP contribution in [0.15, 0.2) is 0 Å². The fourth-order valence-corrected chi connectivity index (χ4v) is 4.74. The molecule has 2 heterocycles. The predicted molar refractivity (Wildman–Crippen MR) is 81.8 cm³/mol. The van der Waals surface area contributed by atoms with E-state index in [1.165, 1.54) is 12.8 Å². The van der Waals surface area contributed by atoms with Gasteiger partial charge in [0.05, 0.1) is 6.10 Å². The number of amides is 1. The average Bonchev–Trinajstić information content (AvgIpc) is 3.11. The Morgan fingerprint density at radius 2 is 2.19 bits per heavy atom. The van der Waals surface area contributed by atoms with E-state index < -0.39 is 5.54 Å². The van der Waals surface area contributed by atoms with Crippen molar-refractivity contribution in [1.29, 1.82) is 0 Å². The largest absolute Gasteiger partial charge is 0.377 e. The molecule has 3 N–H and O–H groups in total. The second-order valence-electron chi connectivity index (χ2n) is 7.41. The standard InChI is InChI=1S/C16H29N3O2/c1-4-19-8-5-6-11(19)10-18-14(20)16(17)12-7-9-21-13(12)15(16,2)3/h11-13H,4-10,17H2,1-3H3,(H,18,20). The summed E-state index contributed by atoms with van der Waals surface area (Å²) in [7, 11) is 0. The molecule has 0 radical (unpaired) electrons. The van der Waals surface area contributed by atoms with Crippen LogP contribution >= 0.6 is 0 Å². The number of carbonyl (C=O) groups excluding carboxylic acids is 1. The van der Waals surface area contributed by atoms with Gasteiger partial charge in [0.25, 0.3) is 0 Å². The molecule has 0 aromatic heterocycles. The molecule has 0 aromatic carbocycles. The van der Waals surface area contributed by atoms with E-state index >= 15 is 0 Å². The summed E-state index contributed by atoms with van der Waals surface area (Å²) < 4.78 is 5.76. The zero-order chi connectivity index (χ0) is 15.3. The summed E-state index contributed by atoms with van der Waals surface area (Å²) in [4.78, 5) is 15.2. The zero-order valence-electron chi connectivity index (χ0n) is 13.5. The van der Waals surface area contributed by atoms with Gasteiger partial charge in [-0.05, 0) is 32.4 Å². The van der Waals surface area contributed by atoms with Crippen molar-refractivity contribution >= 4 is 5.91 Å². The van der Waals surface area contributed by atoms with E-state index in [0.717, 1.165) is 32.7 Å². The van der Waals surface area contributed by atoms with E-state index in [1.807, 2.05) is 0 Å². The minimum Gasteiger partial charge on any atom is -0.377 e. The second kappa shape index (κ2) is 5.21. The smallest absolute Gasteiger partial charge is 0.241 e. The SMILES string of the molecule is CCN1CCCC1CNC(=O)C1(N)C2CCOC2C1(C)C. The lowest BCUT2D eigenvalue weighted by Crippen LogP contribution is -2.80. The maximum atomic E-state index is 12.7. The molecular formula is C16H29N3O2. The zero-order valence-corrected chi connectivity index (χ0v) is 13.5. The number of nitrogens with one attached hydrogen (secondary N) is 1. The third-order valence-corrected chi connectivity index (χ3v) is 6.23. The Bertz CT molecular complexity index is 426. The summed E-state index contributed by atoms with van der Waals surface area (Å²) in [6.45, 7) is 9.96. The Morgan fingerprint density at radius 1 is 1.43 bits per heavy atom. The lowest BCUT2D eigenvalue weighted by Gasteiger charge is -2.60. The Kier molecular flexibility index (Phi) is 3.79. The number of likely N-dealkylation sites (N-methyl/N-ethyl adjacent to an activating group) is 1. The van der Waals surface area contributed by atoms with E-state index in [-0.39, 0.29) is 23.3 Å². The molecule has 120 valence electrons. The van der Waals surface area contributed by atoms with Crippen LogP contribution in [-0.2, 0) is 9.53 Å². The maximum Gasteiger partial charge on any atom is 0.241 e. The van der Waals surface area contributed by atoms with Crippen LogP contribution in [0.1, 0.15) is 40.0 Å². The number of nitrogens with two attached hydrogens (primary N) is 1. The van der Waals surface area contributed by atoms with Crippen molar-refractivity contribution in [2.24, 2.45) is 17.1 Å². The number of fused-ring (bicyclic) bond motifs is 1. The molecule has 1 aliphatic carbocycles. The van der Waals surface area contributed by atoms with E-state index in [0.29, 0.717) is 6.04 Å². The van der Waals surface area contributed by atoms with Crippen molar-refractivity contribution in [2.45, 2.75) is 57.7 Å². The Hall–Kier alpha value is -0.650. The summed E-state index contributed by atoms with van der Waals surface area (Å²) in [6.07, 6.45) is 3.45. The van der Waals surface area contributed by atoms with Crippen LogP contribution in [-0.4, -0.2) is 54.7 Å². The van der Waals surface area contributed by atoms with Gasteiger partial charge in [0.15, 0.2) is 0 Å². The van der Waals surface area contributed by atoms with Gasteiger partial charge < -0.3 is 15.8 Å². The molecule has 4 atom stereocenters. The van der Waals surface area contributed by atoms with Gasteiger partial charge in [-0.1, -0.05) is 20.8 Å². The molecule has 3 fully saturated rings. The van der Waals surface area contributed by atoms with Crippen LogP contribution in [0.5, 0.6) is 0 Å². The fourth-order valence-electron chi connectivity index (χ4n) is 4.74. The van der Waals surface area contributed by atoms with Crippen LogP contribution in [0.2, 0.25) is 0 Å². The number of ether oxygens (including phenoxy) is 1. The third kappa shape index (κ3) is 2.05. The van der Waals surface area contributed by atoms with Crippen molar-refractivity contribution in [3.63, 3.8) is 0 Å². The number of hydrogen-bond donors (Lipinski definition) is 2. The molecule has 0 aromatic rings.